The second-order valence-corrected chi connectivity index (χ2v) is 13.4. The fourth-order valence-corrected chi connectivity index (χ4v) is 3.92. The van der Waals surface area contributed by atoms with E-state index in [0.29, 0.717) is 23.0 Å². The number of esters is 1. The van der Waals surface area contributed by atoms with Crippen molar-refractivity contribution < 1.29 is 14.0 Å². The summed E-state index contributed by atoms with van der Waals surface area (Å²) in [6.07, 6.45) is 0. The molecule has 1 heterocycles. The molecule has 0 saturated heterocycles. The number of carbonyl (C=O) groups is 1. The Bertz CT molecular complexity index is 769. The maximum atomic E-state index is 12.5. The van der Waals surface area contributed by atoms with Gasteiger partial charge in [0.2, 0.25) is 8.32 Å². The summed E-state index contributed by atoms with van der Waals surface area (Å²) in [5.74, 6) is 0.462. The summed E-state index contributed by atoms with van der Waals surface area (Å²) in [4.78, 5) is 12.5. The van der Waals surface area contributed by atoms with Gasteiger partial charge in [0.15, 0.2) is 5.11 Å². The molecule has 0 amide bonds. The maximum absolute atomic E-state index is 12.5. The van der Waals surface area contributed by atoms with Gasteiger partial charge in [0.05, 0.1) is 18.2 Å². The second-order valence-electron chi connectivity index (χ2n) is 8.23. The Morgan fingerprint density at radius 2 is 1.96 bits per heavy atom. The van der Waals surface area contributed by atoms with Crippen LogP contribution in [0.4, 0.5) is 0 Å². The molecule has 5 nitrogen and oxygen atoms in total. The fourth-order valence-electron chi connectivity index (χ4n) is 2.63. The van der Waals surface area contributed by atoms with E-state index in [1.165, 1.54) is 0 Å². The Morgan fingerprint density at radius 1 is 1.30 bits per heavy atom. The van der Waals surface area contributed by atoms with Crippen LogP contribution in [0.3, 0.4) is 0 Å². The number of hydrogen-bond donors (Lipinski definition) is 2. The van der Waals surface area contributed by atoms with Gasteiger partial charge in [-0.25, -0.2) is 4.79 Å². The molecule has 0 spiro atoms. The van der Waals surface area contributed by atoms with E-state index in [0.717, 1.165) is 11.3 Å². The van der Waals surface area contributed by atoms with E-state index in [4.69, 9.17) is 21.4 Å². The number of allylic oxidation sites excluding steroid dienone is 1. The minimum absolute atomic E-state index is 0.101. The van der Waals surface area contributed by atoms with E-state index in [1.54, 1.807) is 6.92 Å². The van der Waals surface area contributed by atoms with Crippen molar-refractivity contribution in [3.05, 3.63) is 41.1 Å². The average Bonchev–Trinajstić information content (AvgIpc) is 2.53. The van der Waals surface area contributed by atoms with Crippen LogP contribution in [0.15, 0.2) is 35.5 Å². The lowest BCUT2D eigenvalue weighted by Crippen LogP contribution is -2.45. The Labute approximate surface area is 168 Å². The third kappa shape index (κ3) is 4.90. The molecule has 1 unspecified atom stereocenters. The number of rotatable bonds is 5. The summed E-state index contributed by atoms with van der Waals surface area (Å²) in [5.41, 5.74) is 2.16. The predicted molar refractivity (Wildman–Crippen MR) is 115 cm³/mol. The summed E-state index contributed by atoms with van der Waals surface area (Å²) in [5, 5.41) is 6.79. The number of thiocarbonyl (C=S) groups is 1. The van der Waals surface area contributed by atoms with Crippen molar-refractivity contribution in [3.8, 4) is 5.75 Å². The predicted octanol–water partition coefficient (Wildman–Crippen LogP) is 4.43. The molecule has 0 bridgehead atoms. The molecule has 1 aromatic rings. The highest BCUT2D eigenvalue weighted by molar-refractivity contribution is 7.80. The van der Waals surface area contributed by atoms with E-state index in [1.807, 2.05) is 31.2 Å². The van der Waals surface area contributed by atoms with E-state index in [-0.39, 0.29) is 17.0 Å². The normalized spacial score (nSPS) is 17.9. The summed E-state index contributed by atoms with van der Waals surface area (Å²) in [7, 11) is -1.96. The molecule has 0 saturated carbocycles. The first-order chi connectivity index (χ1) is 12.5. The first-order valence-electron chi connectivity index (χ1n) is 9.20. The van der Waals surface area contributed by atoms with Crippen LogP contribution < -0.4 is 15.1 Å². The molecule has 0 aliphatic carbocycles. The summed E-state index contributed by atoms with van der Waals surface area (Å²) >= 11 is 5.30. The summed E-state index contributed by atoms with van der Waals surface area (Å²) < 4.78 is 11.7. The van der Waals surface area contributed by atoms with Crippen molar-refractivity contribution in [2.75, 3.05) is 6.61 Å². The largest absolute Gasteiger partial charge is 0.543 e. The van der Waals surface area contributed by atoms with Crippen LogP contribution in [-0.4, -0.2) is 26.0 Å². The summed E-state index contributed by atoms with van der Waals surface area (Å²) in [6.45, 7) is 15.0. The molecule has 1 aliphatic rings. The molecule has 1 atom stereocenters. The molecule has 0 aromatic heterocycles. The van der Waals surface area contributed by atoms with Crippen LogP contribution in [0.2, 0.25) is 18.1 Å². The SMILES string of the molecule is CCOC(=O)C1=C(C)NC(=S)NC1c1cccc(O[Si](C)(C)C(C)(C)C)c1. The van der Waals surface area contributed by atoms with Gasteiger partial charge in [-0.2, -0.15) is 0 Å². The van der Waals surface area contributed by atoms with Crippen LogP contribution in [0.1, 0.15) is 46.2 Å². The molecule has 1 aromatic carbocycles. The Kier molecular flexibility index (Phi) is 6.37. The van der Waals surface area contributed by atoms with Crippen molar-refractivity contribution in [1.82, 2.24) is 10.6 Å². The topological polar surface area (TPSA) is 59.6 Å². The van der Waals surface area contributed by atoms with Crippen LogP contribution in [0.5, 0.6) is 5.75 Å². The van der Waals surface area contributed by atoms with Crippen molar-refractivity contribution in [1.29, 1.82) is 0 Å². The fraction of sp³-hybridized carbons (Fsp3) is 0.500. The zero-order valence-corrected chi connectivity index (χ0v) is 19.0. The van der Waals surface area contributed by atoms with Crippen LogP contribution >= 0.6 is 12.2 Å². The lowest BCUT2D eigenvalue weighted by molar-refractivity contribution is -0.139. The van der Waals surface area contributed by atoms with Crippen molar-refractivity contribution >= 4 is 31.6 Å². The molecule has 148 valence electrons. The van der Waals surface area contributed by atoms with Crippen molar-refractivity contribution in [2.24, 2.45) is 0 Å². The standard InChI is InChI=1S/C20H30N2O3SSi/c1-8-24-18(23)16-13(2)21-19(26)22-17(16)14-10-9-11-15(12-14)25-27(6,7)20(3,4)5/h9-12,17H,8H2,1-7H3,(H2,21,22,26). The molecule has 27 heavy (non-hydrogen) atoms. The number of ether oxygens (including phenoxy) is 1. The lowest BCUT2D eigenvalue weighted by atomic mass is 9.95. The van der Waals surface area contributed by atoms with E-state index in [2.05, 4.69) is 44.5 Å². The van der Waals surface area contributed by atoms with Gasteiger partial charge < -0.3 is 19.8 Å². The maximum Gasteiger partial charge on any atom is 0.338 e. The van der Waals surface area contributed by atoms with Gasteiger partial charge in [-0.1, -0.05) is 32.9 Å². The molecule has 7 heteroatoms. The number of carbonyl (C=O) groups excluding carboxylic acids is 1. The van der Waals surface area contributed by atoms with Gasteiger partial charge in [-0.3, -0.25) is 0 Å². The molecule has 1 aliphatic heterocycles. The number of nitrogens with one attached hydrogen (secondary N) is 2. The Hall–Kier alpha value is -1.86. The quantitative estimate of drug-likeness (QED) is 0.429. The van der Waals surface area contributed by atoms with Crippen molar-refractivity contribution in [3.63, 3.8) is 0 Å². The molecule has 0 radical (unpaired) electrons. The molecular formula is C20H30N2O3SSi. The highest BCUT2D eigenvalue weighted by Gasteiger charge is 2.39. The first kappa shape index (κ1) is 21.4. The van der Waals surface area contributed by atoms with Crippen molar-refractivity contribution in [2.45, 2.75) is 58.8 Å². The molecule has 0 fully saturated rings. The van der Waals surface area contributed by atoms with Crippen LogP contribution in [0.25, 0.3) is 0 Å². The van der Waals surface area contributed by atoms with Gasteiger partial charge in [-0.05, 0) is 61.9 Å². The van der Waals surface area contributed by atoms with Gasteiger partial charge in [0.25, 0.3) is 0 Å². The van der Waals surface area contributed by atoms with Crippen LogP contribution in [0, 0.1) is 0 Å². The van der Waals surface area contributed by atoms with Crippen LogP contribution in [-0.2, 0) is 9.53 Å². The lowest BCUT2D eigenvalue weighted by Gasteiger charge is -2.36. The van der Waals surface area contributed by atoms with Gasteiger partial charge in [0.1, 0.15) is 5.75 Å². The molecular weight excluding hydrogens is 376 g/mol. The van der Waals surface area contributed by atoms with Gasteiger partial charge >= 0.3 is 5.97 Å². The van der Waals surface area contributed by atoms with E-state index >= 15 is 0 Å². The average molecular weight is 407 g/mol. The minimum atomic E-state index is -1.96. The number of benzene rings is 1. The van der Waals surface area contributed by atoms with Gasteiger partial charge in [0, 0.05) is 5.70 Å². The second kappa shape index (κ2) is 8.02. The highest BCUT2D eigenvalue weighted by Crippen LogP contribution is 2.38. The zero-order chi connectivity index (χ0) is 20.4. The minimum Gasteiger partial charge on any atom is -0.543 e. The van der Waals surface area contributed by atoms with Gasteiger partial charge in [-0.15, -0.1) is 0 Å². The smallest absolute Gasteiger partial charge is 0.338 e. The van der Waals surface area contributed by atoms with E-state index < -0.39 is 8.32 Å². The monoisotopic (exact) mass is 406 g/mol. The first-order valence-corrected chi connectivity index (χ1v) is 12.5. The Morgan fingerprint density at radius 3 is 2.56 bits per heavy atom. The third-order valence-electron chi connectivity index (χ3n) is 5.14. The summed E-state index contributed by atoms with van der Waals surface area (Å²) in [6, 6.07) is 7.49. The zero-order valence-electron chi connectivity index (χ0n) is 17.2. The third-order valence-corrected chi connectivity index (χ3v) is 9.71. The molecule has 2 N–H and O–H groups in total. The highest BCUT2D eigenvalue weighted by atomic mass is 32.1. The van der Waals surface area contributed by atoms with E-state index in [9.17, 15) is 4.79 Å². The Balaban J connectivity index is 2.40. The number of hydrogen-bond acceptors (Lipinski definition) is 4. The molecule has 2 rings (SSSR count).